The standard InChI is InChI=1S/C15H19NO2/c1-11(2)15(17,10-18-3)13-7-4-8-14-12(13)6-5-9-16-14/h4-9,11,17H,10H2,1-3H3. The number of pyridine rings is 1. The third kappa shape index (κ3) is 2.11. The van der Waals surface area contributed by atoms with E-state index in [1.54, 1.807) is 13.3 Å². The van der Waals surface area contributed by atoms with Crippen LogP contribution in [0.15, 0.2) is 36.5 Å². The van der Waals surface area contributed by atoms with Crippen molar-refractivity contribution in [1.29, 1.82) is 0 Å². The van der Waals surface area contributed by atoms with Gasteiger partial charge in [-0.1, -0.05) is 32.0 Å². The van der Waals surface area contributed by atoms with Crippen molar-refractivity contribution in [2.75, 3.05) is 13.7 Å². The molecule has 1 aromatic carbocycles. The lowest BCUT2D eigenvalue weighted by Crippen LogP contribution is -2.37. The summed E-state index contributed by atoms with van der Waals surface area (Å²) in [5.74, 6) is 0.0586. The highest BCUT2D eigenvalue weighted by Gasteiger charge is 2.34. The van der Waals surface area contributed by atoms with Crippen molar-refractivity contribution in [2.24, 2.45) is 5.92 Å². The first-order chi connectivity index (χ1) is 8.59. The number of nitrogens with zero attached hydrogens (tertiary/aromatic N) is 1. The Balaban J connectivity index is 2.64. The molecular formula is C15H19NO2. The predicted octanol–water partition coefficient (Wildman–Crippen LogP) is 2.72. The summed E-state index contributed by atoms with van der Waals surface area (Å²) in [6.07, 6.45) is 1.76. The van der Waals surface area contributed by atoms with Crippen LogP contribution >= 0.6 is 0 Å². The molecule has 1 heterocycles. The van der Waals surface area contributed by atoms with Gasteiger partial charge < -0.3 is 9.84 Å². The third-order valence-electron chi connectivity index (χ3n) is 3.43. The van der Waals surface area contributed by atoms with Gasteiger partial charge in [0, 0.05) is 18.7 Å². The molecule has 0 spiro atoms. The fraction of sp³-hybridized carbons (Fsp3) is 0.400. The maximum Gasteiger partial charge on any atom is 0.116 e. The van der Waals surface area contributed by atoms with Crippen LogP contribution in [0.2, 0.25) is 0 Å². The number of aromatic nitrogens is 1. The summed E-state index contributed by atoms with van der Waals surface area (Å²) in [4.78, 5) is 4.32. The summed E-state index contributed by atoms with van der Waals surface area (Å²) in [5, 5.41) is 11.9. The van der Waals surface area contributed by atoms with Crippen LogP contribution in [0.25, 0.3) is 10.9 Å². The molecule has 18 heavy (non-hydrogen) atoms. The Morgan fingerprint density at radius 3 is 2.72 bits per heavy atom. The summed E-state index contributed by atoms with van der Waals surface area (Å²) in [5.41, 5.74) is 0.784. The van der Waals surface area contributed by atoms with Crippen molar-refractivity contribution < 1.29 is 9.84 Å². The van der Waals surface area contributed by atoms with Crippen LogP contribution in [0.5, 0.6) is 0 Å². The van der Waals surface area contributed by atoms with Gasteiger partial charge in [0.15, 0.2) is 0 Å². The van der Waals surface area contributed by atoms with Crippen molar-refractivity contribution >= 4 is 10.9 Å². The van der Waals surface area contributed by atoms with Crippen molar-refractivity contribution in [3.05, 3.63) is 42.1 Å². The maximum atomic E-state index is 10.9. The van der Waals surface area contributed by atoms with Crippen LogP contribution in [0.4, 0.5) is 0 Å². The molecule has 1 unspecified atom stereocenters. The Kier molecular flexibility index (Phi) is 3.64. The molecular weight excluding hydrogens is 226 g/mol. The number of rotatable bonds is 4. The van der Waals surface area contributed by atoms with Crippen LogP contribution in [0.3, 0.4) is 0 Å². The molecule has 0 aliphatic rings. The number of aliphatic hydroxyl groups is 1. The molecule has 2 aromatic rings. The predicted molar refractivity (Wildman–Crippen MR) is 72.4 cm³/mol. The second kappa shape index (κ2) is 5.04. The van der Waals surface area contributed by atoms with E-state index in [0.717, 1.165) is 16.5 Å². The van der Waals surface area contributed by atoms with Gasteiger partial charge in [-0.25, -0.2) is 0 Å². The number of benzene rings is 1. The Hall–Kier alpha value is -1.45. The number of hydrogen-bond donors (Lipinski definition) is 1. The molecule has 96 valence electrons. The zero-order valence-electron chi connectivity index (χ0n) is 11.1. The van der Waals surface area contributed by atoms with Crippen molar-refractivity contribution in [1.82, 2.24) is 4.98 Å². The summed E-state index contributed by atoms with van der Waals surface area (Å²) < 4.78 is 5.20. The SMILES string of the molecule is COCC(O)(c1cccc2ncccc12)C(C)C. The number of methoxy groups -OCH3 is 1. The average molecular weight is 245 g/mol. The van der Waals surface area contributed by atoms with E-state index in [-0.39, 0.29) is 12.5 Å². The second-order valence-corrected chi connectivity index (χ2v) is 4.89. The zero-order chi connectivity index (χ0) is 13.2. The van der Waals surface area contributed by atoms with Gasteiger partial charge >= 0.3 is 0 Å². The van der Waals surface area contributed by atoms with Crippen LogP contribution in [-0.2, 0) is 10.3 Å². The first-order valence-electron chi connectivity index (χ1n) is 6.15. The average Bonchev–Trinajstić information content (AvgIpc) is 2.38. The molecule has 3 heteroatoms. The van der Waals surface area contributed by atoms with Crippen molar-refractivity contribution in [2.45, 2.75) is 19.4 Å². The van der Waals surface area contributed by atoms with Crippen LogP contribution in [0, 0.1) is 5.92 Å². The molecule has 3 nitrogen and oxygen atoms in total. The molecule has 0 saturated carbocycles. The number of fused-ring (bicyclic) bond motifs is 1. The third-order valence-corrected chi connectivity index (χ3v) is 3.43. The number of ether oxygens (including phenoxy) is 1. The van der Waals surface area contributed by atoms with Gasteiger partial charge in [-0.3, -0.25) is 4.98 Å². The quantitative estimate of drug-likeness (QED) is 0.900. The summed E-state index contributed by atoms with van der Waals surface area (Å²) in [7, 11) is 1.61. The van der Waals surface area contributed by atoms with E-state index in [1.165, 1.54) is 0 Å². The molecule has 0 bridgehead atoms. The highest BCUT2D eigenvalue weighted by atomic mass is 16.5. The lowest BCUT2D eigenvalue weighted by Gasteiger charge is -2.32. The molecule has 1 aromatic heterocycles. The molecule has 2 rings (SSSR count). The van der Waals surface area contributed by atoms with Gasteiger partial charge in [0.05, 0.1) is 12.1 Å². The first-order valence-corrected chi connectivity index (χ1v) is 6.15. The zero-order valence-corrected chi connectivity index (χ0v) is 11.1. The fourth-order valence-electron chi connectivity index (χ4n) is 2.26. The van der Waals surface area contributed by atoms with Crippen LogP contribution in [-0.4, -0.2) is 23.8 Å². The van der Waals surface area contributed by atoms with E-state index in [9.17, 15) is 5.11 Å². The van der Waals surface area contributed by atoms with Gasteiger partial charge in [0.1, 0.15) is 5.60 Å². The monoisotopic (exact) mass is 245 g/mol. The van der Waals surface area contributed by atoms with E-state index in [1.807, 2.05) is 44.2 Å². The lowest BCUT2D eigenvalue weighted by molar-refractivity contribution is -0.0689. The minimum Gasteiger partial charge on any atom is -0.382 e. The van der Waals surface area contributed by atoms with Gasteiger partial charge in [-0.05, 0) is 23.6 Å². The minimum absolute atomic E-state index is 0.0586. The Labute approximate surface area is 107 Å². The second-order valence-electron chi connectivity index (χ2n) is 4.89. The van der Waals surface area contributed by atoms with E-state index in [2.05, 4.69) is 4.98 Å². The normalized spacial score (nSPS) is 14.9. The molecule has 0 amide bonds. The molecule has 0 aliphatic carbocycles. The molecule has 0 saturated heterocycles. The van der Waals surface area contributed by atoms with Gasteiger partial charge in [-0.2, -0.15) is 0 Å². The van der Waals surface area contributed by atoms with Gasteiger partial charge in [0.2, 0.25) is 0 Å². The largest absolute Gasteiger partial charge is 0.382 e. The lowest BCUT2D eigenvalue weighted by atomic mass is 9.82. The highest BCUT2D eigenvalue weighted by molar-refractivity contribution is 5.82. The van der Waals surface area contributed by atoms with Crippen LogP contribution < -0.4 is 0 Å². The molecule has 1 atom stereocenters. The van der Waals surface area contributed by atoms with E-state index in [0.29, 0.717) is 0 Å². The van der Waals surface area contributed by atoms with E-state index >= 15 is 0 Å². The smallest absolute Gasteiger partial charge is 0.116 e. The summed E-state index contributed by atoms with van der Waals surface area (Å²) >= 11 is 0. The maximum absolute atomic E-state index is 10.9. The first kappa shape index (κ1) is 13.0. The Bertz CT molecular complexity index is 534. The highest BCUT2D eigenvalue weighted by Crippen LogP contribution is 2.34. The minimum atomic E-state index is -0.989. The van der Waals surface area contributed by atoms with Crippen LogP contribution in [0.1, 0.15) is 19.4 Å². The topological polar surface area (TPSA) is 42.4 Å². The van der Waals surface area contributed by atoms with E-state index in [4.69, 9.17) is 4.74 Å². The van der Waals surface area contributed by atoms with Gasteiger partial charge in [0.25, 0.3) is 0 Å². The summed E-state index contributed by atoms with van der Waals surface area (Å²) in [6, 6.07) is 9.70. The molecule has 0 fully saturated rings. The van der Waals surface area contributed by atoms with E-state index < -0.39 is 5.60 Å². The molecule has 0 radical (unpaired) electrons. The van der Waals surface area contributed by atoms with Crippen molar-refractivity contribution in [3.63, 3.8) is 0 Å². The fourth-order valence-corrected chi connectivity index (χ4v) is 2.26. The molecule has 0 aliphatic heterocycles. The van der Waals surface area contributed by atoms with Gasteiger partial charge in [-0.15, -0.1) is 0 Å². The summed E-state index contributed by atoms with van der Waals surface area (Å²) in [6.45, 7) is 4.26. The Morgan fingerprint density at radius 1 is 1.28 bits per heavy atom. The van der Waals surface area contributed by atoms with Crippen molar-refractivity contribution in [3.8, 4) is 0 Å². The molecule has 1 N–H and O–H groups in total. The number of hydrogen-bond acceptors (Lipinski definition) is 3. The Morgan fingerprint density at radius 2 is 2.06 bits per heavy atom.